The summed E-state index contributed by atoms with van der Waals surface area (Å²) in [7, 11) is 1.78. The molecule has 0 bridgehead atoms. The second kappa shape index (κ2) is 10.9. The first-order chi connectivity index (χ1) is 3.27. The zero-order valence-electron chi connectivity index (χ0n) is 5.22. The summed E-state index contributed by atoms with van der Waals surface area (Å²) in [4.78, 5) is 9.94. The van der Waals surface area contributed by atoms with Crippen LogP contribution in [0.1, 0.15) is 6.42 Å². The fraction of sp³-hybridized carbons (Fsp3) is 0.750. The van der Waals surface area contributed by atoms with Gasteiger partial charge in [-0.1, -0.05) is 0 Å². The predicted octanol–water partition coefficient (Wildman–Crippen LogP) is -0.0752. The van der Waals surface area contributed by atoms with Crippen molar-refractivity contribution in [3.63, 3.8) is 0 Å². The van der Waals surface area contributed by atoms with Gasteiger partial charge in [0.05, 0.1) is 0 Å². The van der Waals surface area contributed by atoms with E-state index in [1.54, 1.807) is 7.05 Å². The minimum atomic E-state index is -0.255. The number of hydrogen-bond acceptors (Lipinski definition) is 2. The average Bonchev–Trinajstić information content (AvgIpc) is 1.61. The molecule has 0 unspecified atom stereocenters. The molecule has 0 atom stereocenters. The van der Waals surface area contributed by atoms with Gasteiger partial charge in [-0.15, -0.1) is 24.8 Å². The van der Waals surface area contributed by atoms with Gasteiger partial charge in [0, 0.05) is 13.0 Å². The molecule has 3 N–H and O–H groups in total. The molecule has 0 aliphatic heterocycles. The van der Waals surface area contributed by atoms with Crippen LogP contribution in [-0.4, -0.2) is 19.5 Å². The Balaban J connectivity index is -0.000000180. The van der Waals surface area contributed by atoms with Crippen LogP contribution >= 0.6 is 24.8 Å². The third-order valence-corrected chi connectivity index (χ3v) is 0.621. The number of nitrogens with one attached hydrogen (secondary N) is 1. The van der Waals surface area contributed by atoms with Gasteiger partial charge < -0.3 is 11.1 Å². The van der Waals surface area contributed by atoms with Crippen LogP contribution in [0, 0.1) is 0 Å². The summed E-state index contributed by atoms with van der Waals surface area (Å²) in [6.45, 7) is 0.676. The van der Waals surface area contributed by atoms with Crippen LogP contribution < -0.4 is 11.1 Å². The number of rotatable bonds is 3. The lowest BCUT2D eigenvalue weighted by Crippen LogP contribution is -2.18. The highest BCUT2D eigenvalue weighted by atomic mass is 35.5. The summed E-state index contributed by atoms with van der Waals surface area (Å²) < 4.78 is 0. The van der Waals surface area contributed by atoms with Crippen molar-refractivity contribution in [2.75, 3.05) is 13.6 Å². The molecule has 5 heteroatoms. The molecular weight excluding hydrogens is 163 g/mol. The lowest BCUT2D eigenvalue weighted by molar-refractivity contribution is -0.117. The number of primary amides is 1. The van der Waals surface area contributed by atoms with Crippen molar-refractivity contribution in [3.8, 4) is 0 Å². The molecule has 0 saturated carbocycles. The number of carbonyl (C=O) groups excluding carboxylic acids is 1. The molecule has 0 aliphatic rings. The molecule has 0 rings (SSSR count). The van der Waals surface area contributed by atoms with Crippen LogP contribution in [0.2, 0.25) is 0 Å². The van der Waals surface area contributed by atoms with E-state index in [1.807, 2.05) is 0 Å². The smallest absolute Gasteiger partial charge is 0.218 e. The van der Waals surface area contributed by atoms with Gasteiger partial charge in [-0.25, -0.2) is 0 Å². The second-order valence-corrected chi connectivity index (χ2v) is 1.32. The summed E-state index contributed by atoms with van der Waals surface area (Å²) in [5, 5.41) is 2.80. The van der Waals surface area contributed by atoms with Crippen molar-refractivity contribution < 1.29 is 4.79 Å². The largest absolute Gasteiger partial charge is 0.370 e. The van der Waals surface area contributed by atoms with Crippen molar-refractivity contribution in [2.45, 2.75) is 6.42 Å². The lowest BCUT2D eigenvalue weighted by atomic mass is 10.4. The second-order valence-electron chi connectivity index (χ2n) is 1.32. The molecule has 0 aromatic carbocycles. The molecule has 0 radical (unpaired) electrons. The van der Waals surface area contributed by atoms with Crippen LogP contribution in [-0.2, 0) is 4.79 Å². The van der Waals surface area contributed by atoms with E-state index in [-0.39, 0.29) is 30.7 Å². The van der Waals surface area contributed by atoms with Crippen molar-refractivity contribution in [1.29, 1.82) is 0 Å². The van der Waals surface area contributed by atoms with E-state index in [9.17, 15) is 4.79 Å². The first-order valence-electron chi connectivity index (χ1n) is 2.20. The molecule has 9 heavy (non-hydrogen) atoms. The monoisotopic (exact) mass is 174 g/mol. The van der Waals surface area contributed by atoms with Gasteiger partial charge in [-0.05, 0) is 7.05 Å². The Hall–Kier alpha value is 0.01000. The molecule has 0 heterocycles. The molecule has 3 nitrogen and oxygen atoms in total. The summed E-state index contributed by atoms with van der Waals surface area (Å²) >= 11 is 0. The number of halogens is 2. The van der Waals surface area contributed by atoms with E-state index in [2.05, 4.69) is 5.32 Å². The Kier molecular flexibility index (Phi) is 19.4. The van der Waals surface area contributed by atoms with E-state index in [0.29, 0.717) is 13.0 Å². The maximum atomic E-state index is 9.94. The number of amides is 1. The van der Waals surface area contributed by atoms with Crippen LogP contribution in [0.5, 0.6) is 0 Å². The fourth-order valence-corrected chi connectivity index (χ4v) is 0.248. The third-order valence-electron chi connectivity index (χ3n) is 0.621. The highest BCUT2D eigenvalue weighted by molar-refractivity contribution is 5.85. The summed E-state index contributed by atoms with van der Waals surface area (Å²) in [6, 6.07) is 0. The van der Waals surface area contributed by atoms with Crippen LogP contribution in [0.15, 0.2) is 0 Å². The Morgan fingerprint density at radius 3 is 2.11 bits per heavy atom. The average molecular weight is 175 g/mol. The molecular formula is C4H12Cl2N2O. The first kappa shape index (κ1) is 16.0. The number of hydrogen-bond donors (Lipinski definition) is 2. The van der Waals surface area contributed by atoms with E-state index in [1.165, 1.54) is 0 Å². The van der Waals surface area contributed by atoms with Gasteiger partial charge in [0.15, 0.2) is 0 Å². The Bertz CT molecular complexity index is 69.6. The van der Waals surface area contributed by atoms with Gasteiger partial charge in [-0.3, -0.25) is 4.79 Å². The zero-order chi connectivity index (χ0) is 5.70. The van der Waals surface area contributed by atoms with E-state index >= 15 is 0 Å². The normalized spacial score (nSPS) is 6.78. The van der Waals surface area contributed by atoms with Gasteiger partial charge in [0.2, 0.25) is 5.91 Å². The first-order valence-corrected chi connectivity index (χ1v) is 2.20. The Morgan fingerprint density at radius 2 is 2.00 bits per heavy atom. The van der Waals surface area contributed by atoms with Gasteiger partial charge in [0.1, 0.15) is 0 Å². The Morgan fingerprint density at radius 1 is 1.56 bits per heavy atom. The van der Waals surface area contributed by atoms with Gasteiger partial charge in [0.25, 0.3) is 0 Å². The van der Waals surface area contributed by atoms with E-state index < -0.39 is 0 Å². The van der Waals surface area contributed by atoms with Gasteiger partial charge in [-0.2, -0.15) is 0 Å². The van der Waals surface area contributed by atoms with E-state index in [0.717, 1.165) is 0 Å². The summed E-state index contributed by atoms with van der Waals surface area (Å²) in [5.41, 5.74) is 4.80. The van der Waals surface area contributed by atoms with Crippen molar-refractivity contribution in [3.05, 3.63) is 0 Å². The molecule has 58 valence electrons. The highest BCUT2D eigenvalue weighted by Crippen LogP contribution is 1.67. The number of carbonyl (C=O) groups is 1. The van der Waals surface area contributed by atoms with Crippen molar-refractivity contribution in [2.24, 2.45) is 5.73 Å². The standard InChI is InChI=1S/C4H10N2O.2ClH/c1-6-3-2-4(5)7;;/h6H,2-3H2,1H3,(H2,5,7);2*1H. The number of nitrogens with two attached hydrogens (primary N) is 1. The third kappa shape index (κ3) is 18.0. The van der Waals surface area contributed by atoms with Crippen LogP contribution in [0.25, 0.3) is 0 Å². The fourth-order valence-electron chi connectivity index (χ4n) is 0.248. The highest BCUT2D eigenvalue weighted by Gasteiger charge is 1.87. The topological polar surface area (TPSA) is 55.1 Å². The quantitative estimate of drug-likeness (QED) is 0.630. The minimum Gasteiger partial charge on any atom is -0.370 e. The maximum Gasteiger partial charge on any atom is 0.218 e. The van der Waals surface area contributed by atoms with Crippen LogP contribution in [0.3, 0.4) is 0 Å². The van der Waals surface area contributed by atoms with E-state index in [4.69, 9.17) is 5.73 Å². The lowest BCUT2D eigenvalue weighted by Gasteiger charge is -1.89. The van der Waals surface area contributed by atoms with Crippen molar-refractivity contribution >= 4 is 30.7 Å². The molecule has 1 amide bonds. The SMILES string of the molecule is CNCCC(N)=O.Cl.Cl. The Labute approximate surface area is 67.2 Å². The molecule has 0 saturated heterocycles. The molecule has 0 aliphatic carbocycles. The maximum absolute atomic E-state index is 9.94. The molecule has 0 spiro atoms. The van der Waals surface area contributed by atoms with Crippen LogP contribution in [0.4, 0.5) is 0 Å². The van der Waals surface area contributed by atoms with Crippen molar-refractivity contribution in [1.82, 2.24) is 5.32 Å². The van der Waals surface area contributed by atoms with Gasteiger partial charge >= 0.3 is 0 Å². The molecule has 0 aromatic rings. The predicted molar refractivity (Wildman–Crippen MR) is 42.2 cm³/mol. The minimum absolute atomic E-state index is 0. The zero-order valence-corrected chi connectivity index (χ0v) is 6.85. The molecule has 0 aromatic heterocycles. The summed E-state index contributed by atoms with van der Waals surface area (Å²) in [6.07, 6.45) is 0.427. The summed E-state index contributed by atoms with van der Waals surface area (Å²) in [5.74, 6) is -0.255. The molecule has 0 fully saturated rings.